The van der Waals surface area contributed by atoms with Crippen LogP contribution in [-0.4, -0.2) is 49.9 Å². The standard InChI is InChI=1S/C26H20Cl2O8/c1-33-25(31)21(23-17(29)11-19(35-23)13-3-7-15(27)8-4-13)22(26(32)34-2)24-18(30)12-20(36-24)14-5-9-16(28)10-6-14/h3-12,21-24H,1-2H3/t21-,22+,23-,24+. The molecule has 2 aromatic carbocycles. The van der Waals surface area contributed by atoms with E-state index in [2.05, 4.69) is 0 Å². The highest BCUT2D eigenvalue weighted by Gasteiger charge is 2.54. The molecular weight excluding hydrogens is 511 g/mol. The Morgan fingerprint density at radius 3 is 1.33 bits per heavy atom. The van der Waals surface area contributed by atoms with E-state index < -0.39 is 47.5 Å². The van der Waals surface area contributed by atoms with Crippen LogP contribution in [0, 0.1) is 11.8 Å². The van der Waals surface area contributed by atoms with Crippen LogP contribution in [0.1, 0.15) is 11.1 Å². The fourth-order valence-electron chi connectivity index (χ4n) is 4.10. The minimum absolute atomic E-state index is 0.179. The second-order valence-electron chi connectivity index (χ2n) is 8.01. The Morgan fingerprint density at radius 1 is 0.694 bits per heavy atom. The van der Waals surface area contributed by atoms with Gasteiger partial charge in [-0.15, -0.1) is 0 Å². The minimum atomic E-state index is -1.54. The van der Waals surface area contributed by atoms with E-state index in [1.54, 1.807) is 48.5 Å². The lowest BCUT2D eigenvalue weighted by Crippen LogP contribution is -2.49. The van der Waals surface area contributed by atoms with Crippen LogP contribution >= 0.6 is 23.2 Å². The van der Waals surface area contributed by atoms with Gasteiger partial charge in [-0.1, -0.05) is 23.2 Å². The molecule has 4 rings (SSSR count). The van der Waals surface area contributed by atoms with Gasteiger partial charge in [0.05, 0.1) is 14.2 Å². The van der Waals surface area contributed by atoms with Gasteiger partial charge in [0, 0.05) is 33.3 Å². The van der Waals surface area contributed by atoms with Crippen LogP contribution in [0.2, 0.25) is 10.0 Å². The minimum Gasteiger partial charge on any atom is -0.481 e. The van der Waals surface area contributed by atoms with E-state index in [0.29, 0.717) is 21.2 Å². The van der Waals surface area contributed by atoms with E-state index in [9.17, 15) is 19.2 Å². The Labute approximate surface area is 216 Å². The molecule has 2 heterocycles. The first kappa shape index (κ1) is 25.5. The summed E-state index contributed by atoms with van der Waals surface area (Å²) in [7, 11) is 2.21. The maximum absolute atomic E-state index is 13.0. The fourth-order valence-corrected chi connectivity index (χ4v) is 4.35. The van der Waals surface area contributed by atoms with Crippen molar-refractivity contribution in [2.24, 2.45) is 11.8 Å². The lowest BCUT2D eigenvalue weighted by Gasteiger charge is -2.30. The van der Waals surface area contributed by atoms with E-state index in [1.165, 1.54) is 12.2 Å². The summed E-state index contributed by atoms with van der Waals surface area (Å²) in [5.74, 6) is -5.76. The van der Waals surface area contributed by atoms with Crippen molar-refractivity contribution in [1.29, 1.82) is 0 Å². The molecule has 2 aliphatic rings. The van der Waals surface area contributed by atoms with Crippen LogP contribution in [0.4, 0.5) is 0 Å². The number of ether oxygens (including phenoxy) is 4. The summed E-state index contributed by atoms with van der Waals surface area (Å²) in [5.41, 5.74) is 1.07. The Hall–Kier alpha value is -3.62. The van der Waals surface area contributed by atoms with Gasteiger partial charge in [-0.05, 0) is 48.5 Å². The van der Waals surface area contributed by atoms with Crippen molar-refractivity contribution in [3.8, 4) is 0 Å². The summed E-state index contributed by atoms with van der Waals surface area (Å²) in [4.78, 5) is 51.8. The molecule has 8 nitrogen and oxygen atoms in total. The first-order chi connectivity index (χ1) is 17.2. The second kappa shape index (κ2) is 10.6. The number of hydrogen-bond donors (Lipinski definition) is 0. The van der Waals surface area contributed by atoms with Crippen molar-refractivity contribution >= 4 is 58.2 Å². The smallest absolute Gasteiger partial charge is 0.313 e. The van der Waals surface area contributed by atoms with Crippen molar-refractivity contribution in [3.05, 3.63) is 81.9 Å². The molecule has 36 heavy (non-hydrogen) atoms. The Bertz CT molecular complexity index is 1160. The summed E-state index contributed by atoms with van der Waals surface area (Å²) in [6.07, 6.45) is -0.480. The summed E-state index contributed by atoms with van der Waals surface area (Å²) in [5, 5.41) is 0.971. The van der Waals surface area contributed by atoms with E-state index >= 15 is 0 Å². The third kappa shape index (κ3) is 5.01. The molecule has 0 N–H and O–H groups in total. The summed E-state index contributed by atoms with van der Waals surface area (Å²) < 4.78 is 21.5. The molecule has 2 aromatic rings. The average Bonchev–Trinajstić information content (AvgIpc) is 3.44. The molecular formula is C26H20Cl2O8. The molecule has 4 atom stereocenters. The van der Waals surface area contributed by atoms with Crippen LogP contribution < -0.4 is 0 Å². The number of carbonyl (C=O) groups is 4. The molecule has 0 bridgehead atoms. The van der Waals surface area contributed by atoms with Crippen LogP contribution in [0.25, 0.3) is 11.5 Å². The molecule has 0 amide bonds. The lowest BCUT2D eigenvalue weighted by molar-refractivity contribution is -0.169. The zero-order chi connectivity index (χ0) is 26.0. The molecule has 0 aromatic heterocycles. The predicted molar refractivity (Wildman–Crippen MR) is 130 cm³/mol. The predicted octanol–water partition coefficient (Wildman–Crippen LogP) is 3.89. The molecule has 0 radical (unpaired) electrons. The van der Waals surface area contributed by atoms with Crippen molar-refractivity contribution in [2.45, 2.75) is 12.2 Å². The normalized spacial score (nSPS) is 20.6. The van der Waals surface area contributed by atoms with Crippen molar-refractivity contribution in [3.63, 3.8) is 0 Å². The molecule has 0 saturated heterocycles. The molecule has 0 aliphatic carbocycles. The van der Waals surface area contributed by atoms with Gasteiger partial charge in [-0.3, -0.25) is 19.2 Å². The molecule has 0 unspecified atom stereocenters. The van der Waals surface area contributed by atoms with Gasteiger partial charge < -0.3 is 18.9 Å². The number of hydrogen-bond acceptors (Lipinski definition) is 8. The Morgan fingerprint density at radius 2 is 1.03 bits per heavy atom. The molecule has 0 spiro atoms. The molecule has 10 heteroatoms. The van der Waals surface area contributed by atoms with E-state index in [4.69, 9.17) is 42.1 Å². The number of benzene rings is 2. The number of rotatable bonds is 7. The number of esters is 2. The average molecular weight is 531 g/mol. The van der Waals surface area contributed by atoms with Crippen LogP contribution in [0.3, 0.4) is 0 Å². The number of halogens is 2. The van der Waals surface area contributed by atoms with Crippen LogP contribution in [0.5, 0.6) is 0 Å². The number of methoxy groups -OCH3 is 2. The summed E-state index contributed by atoms with van der Waals surface area (Å²) in [6, 6.07) is 13.0. The SMILES string of the molecule is COC(=O)[C@H]([C@H](C(=O)OC)[C@H]1OC(c2ccc(Cl)cc2)=CC1=O)[C@@H]1OC(c2ccc(Cl)cc2)=CC1=O. The molecule has 0 saturated carbocycles. The monoisotopic (exact) mass is 530 g/mol. The summed E-state index contributed by atoms with van der Waals surface area (Å²) in [6.45, 7) is 0. The topological polar surface area (TPSA) is 105 Å². The first-order valence-electron chi connectivity index (χ1n) is 10.8. The van der Waals surface area contributed by atoms with Gasteiger partial charge >= 0.3 is 11.9 Å². The number of carbonyl (C=O) groups excluding carboxylic acids is 4. The maximum Gasteiger partial charge on any atom is 0.313 e. The third-order valence-electron chi connectivity index (χ3n) is 5.86. The molecule has 186 valence electrons. The quantitative estimate of drug-likeness (QED) is 0.496. The maximum atomic E-state index is 13.0. The van der Waals surface area contributed by atoms with Crippen molar-refractivity contribution in [2.75, 3.05) is 14.2 Å². The fraction of sp³-hybridized carbons (Fsp3) is 0.231. The van der Waals surface area contributed by atoms with Gasteiger partial charge in [0.25, 0.3) is 0 Å². The van der Waals surface area contributed by atoms with Gasteiger partial charge in [0.2, 0.25) is 11.6 Å². The van der Waals surface area contributed by atoms with Crippen LogP contribution in [-0.2, 0) is 38.1 Å². The van der Waals surface area contributed by atoms with Gasteiger partial charge in [-0.2, -0.15) is 0 Å². The zero-order valence-corrected chi connectivity index (χ0v) is 20.6. The molecule has 2 aliphatic heterocycles. The van der Waals surface area contributed by atoms with Gasteiger partial charge in [-0.25, -0.2) is 0 Å². The Balaban J connectivity index is 1.66. The van der Waals surface area contributed by atoms with E-state index in [1.807, 2.05) is 0 Å². The van der Waals surface area contributed by atoms with Crippen molar-refractivity contribution in [1.82, 2.24) is 0 Å². The lowest BCUT2D eigenvalue weighted by atomic mass is 9.81. The second-order valence-corrected chi connectivity index (χ2v) is 8.88. The zero-order valence-electron chi connectivity index (χ0n) is 19.1. The van der Waals surface area contributed by atoms with Gasteiger partial charge in [0.1, 0.15) is 23.4 Å². The highest BCUT2D eigenvalue weighted by Crippen LogP contribution is 2.38. The van der Waals surface area contributed by atoms with E-state index in [-0.39, 0.29) is 11.5 Å². The third-order valence-corrected chi connectivity index (χ3v) is 6.36. The Kier molecular flexibility index (Phi) is 7.47. The highest BCUT2D eigenvalue weighted by molar-refractivity contribution is 6.30. The summed E-state index contributed by atoms with van der Waals surface area (Å²) >= 11 is 11.9. The van der Waals surface area contributed by atoms with Crippen molar-refractivity contribution < 1.29 is 38.1 Å². The first-order valence-corrected chi connectivity index (χ1v) is 11.5. The number of ketones is 2. The largest absolute Gasteiger partial charge is 0.481 e. The highest BCUT2D eigenvalue weighted by atomic mass is 35.5. The van der Waals surface area contributed by atoms with Gasteiger partial charge in [0.15, 0.2) is 12.2 Å². The molecule has 0 fully saturated rings. The van der Waals surface area contributed by atoms with Crippen LogP contribution in [0.15, 0.2) is 60.7 Å². The van der Waals surface area contributed by atoms with E-state index in [0.717, 1.165) is 14.2 Å².